The van der Waals surface area contributed by atoms with Crippen LogP contribution in [-0.2, 0) is 13.1 Å². The molecule has 1 fully saturated rings. The van der Waals surface area contributed by atoms with Gasteiger partial charge in [0.2, 0.25) is 0 Å². The Morgan fingerprint density at radius 3 is 2.46 bits per heavy atom. The van der Waals surface area contributed by atoms with Crippen LogP contribution in [0.2, 0.25) is 5.02 Å². The van der Waals surface area contributed by atoms with Crippen molar-refractivity contribution in [2.24, 2.45) is 5.92 Å². The van der Waals surface area contributed by atoms with Crippen molar-refractivity contribution in [2.45, 2.75) is 45.1 Å². The maximum absolute atomic E-state index is 13.3. The number of carbonyl (C=O) groups excluding carboxylic acids is 1. The van der Waals surface area contributed by atoms with Crippen LogP contribution in [-0.4, -0.2) is 70.4 Å². The minimum Gasteiger partial charge on any atom is -0.382 e. The highest BCUT2D eigenvalue weighted by atomic mass is 35.5. The summed E-state index contributed by atoms with van der Waals surface area (Å²) in [6.07, 6.45) is -4.45. The van der Waals surface area contributed by atoms with Gasteiger partial charge in [-0.25, -0.2) is 19.1 Å². The Balaban J connectivity index is 1.44. The van der Waals surface area contributed by atoms with E-state index in [1.54, 1.807) is 24.3 Å². The Labute approximate surface area is 237 Å². The number of rotatable bonds is 7. The van der Waals surface area contributed by atoms with E-state index in [9.17, 15) is 27.9 Å². The normalized spacial score (nSPS) is 15.3. The van der Waals surface area contributed by atoms with Crippen LogP contribution in [0.3, 0.4) is 0 Å². The molecule has 1 aliphatic rings. The van der Waals surface area contributed by atoms with Gasteiger partial charge in [0.25, 0.3) is 5.91 Å². The van der Waals surface area contributed by atoms with Crippen molar-refractivity contribution >= 4 is 17.5 Å². The molecule has 5 rings (SSSR count). The van der Waals surface area contributed by atoms with Crippen molar-refractivity contribution in [1.29, 1.82) is 0 Å². The van der Waals surface area contributed by atoms with Gasteiger partial charge in [-0.05, 0) is 55.2 Å². The number of aliphatic hydroxyl groups excluding tert-OH is 1. The lowest BCUT2D eigenvalue weighted by atomic mass is 9.98. The number of halogens is 4. The largest absolute Gasteiger partial charge is 0.416 e. The highest BCUT2D eigenvalue weighted by molar-refractivity contribution is 6.30. The highest BCUT2D eigenvalue weighted by Crippen LogP contribution is 2.25. The van der Waals surface area contributed by atoms with Crippen molar-refractivity contribution in [2.75, 3.05) is 13.1 Å². The fraction of sp³-hybridized carbons (Fsp3) is 0.370. The maximum Gasteiger partial charge on any atom is 0.416 e. The van der Waals surface area contributed by atoms with Gasteiger partial charge in [-0.1, -0.05) is 30.7 Å². The second-order valence-corrected chi connectivity index (χ2v) is 10.5. The first-order valence-electron chi connectivity index (χ1n) is 13.0. The number of amides is 1. The molecular formula is C27H27ClF3N7O3. The van der Waals surface area contributed by atoms with E-state index >= 15 is 0 Å². The van der Waals surface area contributed by atoms with E-state index in [1.165, 1.54) is 35.3 Å². The summed E-state index contributed by atoms with van der Waals surface area (Å²) in [4.78, 5) is 32.5. The fourth-order valence-corrected chi connectivity index (χ4v) is 4.78. The molecule has 1 unspecified atom stereocenters. The lowest BCUT2D eigenvalue weighted by molar-refractivity contribution is -0.207. The summed E-state index contributed by atoms with van der Waals surface area (Å²) < 4.78 is 42.5. The van der Waals surface area contributed by atoms with E-state index < -0.39 is 24.5 Å². The summed E-state index contributed by atoms with van der Waals surface area (Å²) in [5.41, 5.74) is 0.399. The van der Waals surface area contributed by atoms with E-state index in [-0.39, 0.29) is 24.1 Å². The molecule has 3 heterocycles. The van der Waals surface area contributed by atoms with Gasteiger partial charge in [-0.3, -0.25) is 9.36 Å². The summed E-state index contributed by atoms with van der Waals surface area (Å²) in [6.45, 7) is 2.19. The Morgan fingerprint density at radius 1 is 1.10 bits per heavy atom. The summed E-state index contributed by atoms with van der Waals surface area (Å²) in [7, 11) is 0. The predicted molar refractivity (Wildman–Crippen MR) is 144 cm³/mol. The zero-order chi connectivity index (χ0) is 29.3. The molecule has 0 bridgehead atoms. The van der Waals surface area contributed by atoms with E-state index in [2.05, 4.69) is 22.1 Å². The SMILES string of the molecule is CC1CCN(C(=O)c2ccccc2-n2cnc(Cn3nc(-c4ccc(Cl)cc4)n(CC(O)C(F)(F)F)c3=O)n2)CC1. The second-order valence-electron chi connectivity index (χ2n) is 10.0. The average molecular weight is 590 g/mol. The van der Waals surface area contributed by atoms with Crippen LogP contribution in [0.15, 0.2) is 59.7 Å². The smallest absolute Gasteiger partial charge is 0.382 e. The maximum atomic E-state index is 13.3. The number of alkyl halides is 3. The first kappa shape index (κ1) is 28.6. The van der Waals surface area contributed by atoms with Crippen molar-refractivity contribution in [3.63, 3.8) is 0 Å². The summed E-state index contributed by atoms with van der Waals surface area (Å²) in [5.74, 6) is 0.511. The Bertz CT molecular complexity index is 1590. The molecule has 1 aliphatic heterocycles. The van der Waals surface area contributed by atoms with Crippen LogP contribution in [0, 0.1) is 5.92 Å². The third-order valence-electron chi connectivity index (χ3n) is 7.04. The van der Waals surface area contributed by atoms with Gasteiger partial charge in [-0.15, -0.1) is 10.2 Å². The molecule has 10 nitrogen and oxygen atoms in total. The van der Waals surface area contributed by atoms with Gasteiger partial charge in [0.1, 0.15) is 12.9 Å². The molecule has 0 saturated carbocycles. The number of hydrogen-bond donors (Lipinski definition) is 1. The van der Waals surface area contributed by atoms with E-state index in [4.69, 9.17) is 11.6 Å². The number of para-hydroxylation sites is 1. The minimum atomic E-state index is -4.93. The molecule has 0 radical (unpaired) electrons. The molecule has 1 saturated heterocycles. The number of hydrogen-bond acceptors (Lipinski definition) is 6. The topological polar surface area (TPSA) is 111 Å². The lowest BCUT2D eigenvalue weighted by Gasteiger charge is -2.30. The van der Waals surface area contributed by atoms with Gasteiger partial charge in [0.15, 0.2) is 17.8 Å². The average Bonchev–Trinajstić information content (AvgIpc) is 3.53. The van der Waals surface area contributed by atoms with Crippen LogP contribution in [0.4, 0.5) is 13.2 Å². The Hall–Kier alpha value is -3.97. The summed E-state index contributed by atoms with van der Waals surface area (Å²) in [6, 6.07) is 13.0. The van der Waals surface area contributed by atoms with Gasteiger partial charge < -0.3 is 10.0 Å². The van der Waals surface area contributed by atoms with E-state index in [0.29, 0.717) is 40.8 Å². The number of carbonyl (C=O) groups is 1. The molecule has 1 N–H and O–H groups in total. The molecule has 2 aromatic heterocycles. The standard InChI is InChI=1S/C27H27ClF3N7O3/c1-17-10-12-35(13-11-17)25(40)20-4-2-3-5-21(20)38-16-32-23(33-38)15-37-26(41)36(14-22(39)27(29,30)31)24(34-37)18-6-8-19(28)9-7-18/h2-9,16-17,22,39H,10-15H2,1H3. The molecule has 4 aromatic rings. The molecule has 1 amide bonds. The number of nitrogens with zero attached hydrogens (tertiary/aromatic N) is 7. The number of benzene rings is 2. The molecule has 14 heteroatoms. The van der Waals surface area contributed by atoms with Crippen molar-refractivity contribution in [1.82, 2.24) is 34.0 Å². The molecule has 0 spiro atoms. The third-order valence-corrected chi connectivity index (χ3v) is 7.29. The van der Waals surface area contributed by atoms with E-state index in [0.717, 1.165) is 22.1 Å². The number of piperidine rings is 1. The third kappa shape index (κ3) is 6.20. The second kappa shape index (κ2) is 11.5. The van der Waals surface area contributed by atoms with Gasteiger partial charge >= 0.3 is 11.9 Å². The predicted octanol–water partition coefficient (Wildman–Crippen LogP) is 3.79. The van der Waals surface area contributed by atoms with Crippen molar-refractivity contribution in [3.05, 3.63) is 81.8 Å². The summed E-state index contributed by atoms with van der Waals surface area (Å²) in [5, 5.41) is 18.7. The lowest BCUT2D eigenvalue weighted by Crippen LogP contribution is -2.38. The van der Waals surface area contributed by atoms with Crippen molar-refractivity contribution in [3.8, 4) is 17.1 Å². The van der Waals surface area contributed by atoms with Gasteiger partial charge in [0.05, 0.1) is 17.8 Å². The van der Waals surface area contributed by atoms with Crippen LogP contribution in [0.25, 0.3) is 17.1 Å². The van der Waals surface area contributed by atoms with Gasteiger partial charge in [-0.2, -0.15) is 13.2 Å². The fourth-order valence-electron chi connectivity index (χ4n) is 4.65. The molecular weight excluding hydrogens is 563 g/mol. The van der Waals surface area contributed by atoms with E-state index in [1.807, 2.05) is 4.90 Å². The monoisotopic (exact) mass is 589 g/mol. The summed E-state index contributed by atoms with van der Waals surface area (Å²) >= 11 is 5.93. The van der Waals surface area contributed by atoms with Crippen LogP contribution in [0.5, 0.6) is 0 Å². The highest BCUT2D eigenvalue weighted by Gasteiger charge is 2.39. The molecule has 0 aliphatic carbocycles. The quantitative estimate of drug-likeness (QED) is 0.351. The number of aromatic nitrogens is 6. The van der Waals surface area contributed by atoms with Crippen LogP contribution in [0.1, 0.15) is 35.9 Å². The Kier molecular flexibility index (Phi) is 8.00. The van der Waals surface area contributed by atoms with Crippen LogP contribution >= 0.6 is 11.6 Å². The molecule has 41 heavy (non-hydrogen) atoms. The Morgan fingerprint density at radius 2 is 1.78 bits per heavy atom. The zero-order valence-corrected chi connectivity index (χ0v) is 22.8. The number of aliphatic hydroxyl groups is 1. The zero-order valence-electron chi connectivity index (χ0n) is 22.0. The van der Waals surface area contributed by atoms with Crippen molar-refractivity contribution < 1.29 is 23.1 Å². The molecule has 216 valence electrons. The van der Waals surface area contributed by atoms with Crippen LogP contribution < -0.4 is 5.69 Å². The molecule has 1 atom stereocenters. The van der Waals surface area contributed by atoms with Gasteiger partial charge in [0, 0.05) is 23.7 Å². The number of likely N-dealkylation sites (tertiary alicyclic amines) is 1. The molecule has 2 aromatic carbocycles. The first-order valence-corrected chi connectivity index (χ1v) is 13.4. The first-order chi connectivity index (χ1) is 19.5. The minimum absolute atomic E-state index is 0.0822.